The van der Waals surface area contributed by atoms with E-state index in [0.717, 1.165) is 0 Å². The third-order valence-electron chi connectivity index (χ3n) is 3.74. The molecule has 0 aliphatic carbocycles. The summed E-state index contributed by atoms with van der Waals surface area (Å²) in [5.41, 5.74) is 7.63. The average Bonchev–Trinajstić information content (AvgIpc) is 2.36. The molecule has 2 heteroatoms. The Morgan fingerprint density at radius 3 is 1.12 bits per heavy atom. The SMILES string of the molecule is CB1C(=C(C)C)B(C)C(=C(C)C)C1=C(C)C. The van der Waals surface area contributed by atoms with Gasteiger partial charge in [-0.2, -0.15) is 0 Å². The molecule has 0 nitrogen and oxygen atoms in total. The summed E-state index contributed by atoms with van der Waals surface area (Å²) in [6.07, 6.45) is 0. The van der Waals surface area contributed by atoms with Crippen LogP contribution in [0.25, 0.3) is 0 Å². The summed E-state index contributed by atoms with van der Waals surface area (Å²) in [4.78, 5) is 0. The van der Waals surface area contributed by atoms with Crippen LogP contribution < -0.4 is 0 Å². The Kier molecular flexibility index (Phi) is 3.93. The second-order valence-electron chi connectivity index (χ2n) is 5.73. The summed E-state index contributed by atoms with van der Waals surface area (Å²) in [6, 6.07) is 0. The van der Waals surface area contributed by atoms with Crippen molar-refractivity contribution in [2.45, 2.75) is 55.2 Å². The third-order valence-corrected chi connectivity index (χ3v) is 3.74. The molecule has 1 heterocycles. The monoisotopic (exact) mass is 214 g/mol. The predicted octanol–water partition coefficient (Wildman–Crippen LogP) is 4.42. The molecule has 0 saturated carbocycles. The Balaban J connectivity index is 3.52. The topological polar surface area (TPSA) is 0 Å². The van der Waals surface area contributed by atoms with E-state index in [4.69, 9.17) is 0 Å². The van der Waals surface area contributed by atoms with Gasteiger partial charge in [0.15, 0.2) is 13.4 Å². The van der Waals surface area contributed by atoms with Gasteiger partial charge in [-0.15, -0.1) is 5.37 Å². The molecule has 1 rings (SSSR count). The predicted molar refractivity (Wildman–Crippen MR) is 78.4 cm³/mol. The Morgan fingerprint density at radius 2 is 0.938 bits per heavy atom. The minimum atomic E-state index is 0.606. The molecular formula is C14H24B2. The number of allylic oxidation sites excluding steroid dienone is 5. The van der Waals surface area contributed by atoms with Gasteiger partial charge in [0.2, 0.25) is 0 Å². The molecular weight excluding hydrogens is 190 g/mol. The fourth-order valence-corrected chi connectivity index (χ4v) is 3.42. The normalized spacial score (nSPS) is 16.1. The van der Waals surface area contributed by atoms with Gasteiger partial charge in [-0.1, -0.05) is 41.3 Å². The smallest absolute Gasteiger partial charge is 0.123 e. The minimum absolute atomic E-state index is 0.606. The molecule has 1 aliphatic heterocycles. The van der Waals surface area contributed by atoms with Crippen molar-refractivity contribution in [1.82, 2.24) is 0 Å². The molecule has 16 heavy (non-hydrogen) atoms. The van der Waals surface area contributed by atoms with Gasteiger partial charge >= 0.3 is 0 Å². The molecule has 0 aromatic rings. The van der Waals surface area contributed by atoms with Crippen molar-refractivity contribution in [2.24, 2.45) is 0 Å². The van der Waals surface area contributed by atoms with E-state index >= 15 is 0 Å². The Morgan fingerprint density at radius 1 is 0.625 bits per heavy atom. The second kappa shape index (κ2) is 4.69. The summed E-state index contributed by atoms with van der Waals surface area (Å²) in [5.74, 6) is 0. The Hall–Kier alpha value is -0.650. The highest BCUT2D eigenvalue weighted by atomic mass is 14.1. The molecule has 1 saturated heterocycles. The fourth-order valence-electron chi connectivity index (χ4n) is 3.42. The van der Waals surface area contributed by atoms with Crippen molar-refractivity contribution < 1.29 is 0 Å². The van der Waals surface area contributed by atoms with E-state index in [-0.39, 0.29) is 0 Å². The quantitative estimate of drug-likeness (QED) is 0.523. The first-order valence-electron chi connectivity index (χ1n) is 6.31. The maximum atomic E-state index is 2.36. The summed E-state index contributed by atoms with van der Waals surface area (Å²) in [6.45, 7) is 19.4. The molecule has 86 valence electrons. The van der Waals surface area contributed by atoms with Crippen molar-refractivity contribution in [3.63, 3.8) is 0 Å². The molecule has 0 radical (unpaired) electrons. The molecule has 0 spiro atoms. The first-order valence-corrected chi connectivity index (χ1v) is 6.31. The van der Waals surface area contributed by atoms with Gasteiger partial charge in [0.25, 0.3) is 0 Å². The lowest BCUT2D eigenvalue weighted by Gasteiger charge is -2.11. The van der Waals surface area contributed by atoms with Crippen molar-refractivity contribution in [3.8, 4) is 0 Å². The van der Waals surface area contributed by atoms with Gasteiger partial charge < -0.3 is 0 Å². The fraction of sp³-hybridized carbons (Fsp3) is 0.571. The van der Waals surface area contributed by atoms with Crippen LogP contribution in [0.1, 0.15) is 41.5 Å². The Bertz CT molecular complexity index is 353. The van der Waals surface area contributed by atoms with Crippen LogP contribution in [0.5, 0.6) is 0 Å². The highest BCUT2D eigenvalue weighted by Crippen LogP contribution is 2.38. The van der Waals surface area contributed by atoms with Gasteiger partial charge in [0, 0.05) is 0 Å². The van der Waals surface area contributed by atoms with Crippen molar-refractivity contribution in [2.75, 3.05) is 0 Å². The van der Waals surface area contributed by atoms with Crippen molar-refractivity contribution >= 4 is 13.4 Å². The molecule has 1 aliphatic rings. The third kappa shape index (κ3) is 2.07. The standard InChI is InChI=1S/C14H24B2/c1-9(2)12-13(10(3)4)16(8)14(11(5)6)15(12)7/h1-8H3. The van der Waals surface area contributed by atoms with E-state index in [9.17, 15) is 0 Å². The largest absolute Gasteiger partial charge is 0.191 e. The van der Waals surface area contributed by atoms with Crippen LogP contribution in [0.15, 0.2) is 33.0 Å². The molecule has 0 aromatic carbocycles. The molecule has 0 aromatic heterocycles. The summed E-state index contributed by atoms with van der Waals surface area (Å²) >= 11 is 0. The zero-order valence-corrected chi connectivity index (χ0v) is 12.2. The van der Waals surface area contributed by atoms with E-state index in [2.05, 4.69) is 55.2 Å². The number of hydrogen-bond donors (Lipinski definition) is 0. The van der Waals surface area contributed by atoms with Crippen LogP contribution in [0.3, 0.4) is 0 Å². The van der Waals surface area contributed by atoms with Crippen LogP contribution in [0.4, 0.5) is 0 Å². The zero-order chi connectivity index (χ0) is 12.6. The van der Waals surface area contributed by atoms with Gasteiger partial charge in [-0.3, -0.25) is 0 Å². The highest BCUT2D eigenvalue weighted by molar-refractivity contribution is 7.02. The number of hydrogen-bond acceptors (Lipinski definition) is 0. The maximum absolute atomic E-state index is 2.36. The Labute approximate surface area is 102 Å². The van der Waals surface area contributed by atoms with Gasteiger partial charge in [-0.05, 0) is 41.5 Å². The van der Waals surface area contributed by atoms with Crippen LogP contribution in [0, 0.1) is 0 Å². The van der Waals surface area contributed by atoms with E-state index in [1.165, 1.54) is 16.7 Å². The minimum Gasteiger partial charge on any atom is -0.123 e. The van der Waals surface area contributed by atoms with E-state index in [1.807, 2.05) is 0 Å². The lowest BCUT2D eigenvalue weighted by atomic mass is 9.33. The van der Waals surface area contributed by atoms with E-state index < -0.39 is 0 Å². The summed E-state index contributed by atoms with van der Waals surface area (Å²) in [7, 11) is 0. The van der Waals surface area contributed by atoms with Gasteiger partial charge in [0.05, 0.1) is 0 Å². The number of rotatable bonds is 0. The van der Waals surface area contributed by atoms with Crippen LogP contribution in [-0.4, -0.2) is 13.4 Å². The first-order chi connectivity index (χ1) is 7.29. The van der Waals surface area contributed by atoms with Gasteiger partial charge in [-0.25, -0.2) is 0 Å². The lowest BCUT2D eigenvalue weighted by Crippen LogP contribution is -2.16. The molecule has 0 amide bonds. The van der Waals surface area contributed by atoms with Crippen LogP contribution in [-0.2, 0) is 0 Å². The molecule has 1 fully saturated rings. The van der Waals surface area contributed by atoms with Gasteiger partial charge in [0.1, 0.15) is 0 Å². The second-order valence-corrected chi connectivity index (χ2v) is 5.73. The van der Waals surface area contributed by atoms with Crippen LogP contribution >= 0.6 is 0 Å². The van der Waals surface area contributed by atoms with Crippen molar-refractivity contribution in [3.05, 3.63) is 33.0 Å². The highest BCUT2D eigenvalue weighted by Gasteiger charge is 2.38. The summed E-state index contributed by atoms with van der Waals surface area (Å²) < 4.78 is 0. The summed E-state index contributed by atoms with van der Waals surface area (Å²) in [5, 5.41) is 1.63. The lowest BCUT2D eigenvalue weighted by molar-refractivity contribution is 1.31. The zero-order valence-electron chi connectivity index (χ0n) is 12.2. The molecule has 0 N–H and O–H groups in total. The van der Waals surface area contributed by atoms with Crippen LogP contribution in [0.2, 0.25) is 13.6 Å². The first kappa shape index (κ1) is 13.4. The van der Waals surface area contributed by atoms with Crippen molar-refractivity contribution in [1.29, 1.82) is 0 Å². The molecule has 0 unspecified atom stereocenters. The van der Waals surface area contributed by atoms with E-state index in [0.29, 0.717) is 13.4 Å². The molecule has 0 atom stereocenters. The maximum Gasteiger partial charge on any atom is 0.191 e. The molecule has 0 bridgehead atoms. The van der Waals surface area contributed by atoms with E-state index in [1.54, 1.807) is 16.3 Å². The average molecular weight is 214 g/mol.